The van der Waals surface area contributed by atoms with E-state index in [1.807, 2.05) is 0 Å². The van der Waals surface area contributed by atoms with E-state index < -0.39 is 66.9 Å². The number of esters is 1. The van der Waals surface area contributed by atoms with Crippen molar-refractivity contribution in [1.82, 2.24) is 9.55 Å². The lowest BCUT2D eigenvalue weighted by atomic mass is 10.0. The molecule has 0 aliphatic heterocycles. The Kier molecular flexibility index (Phi) is 11.1. The van der Waals surface area contributed by atoms with E-state index in [4.69, 9.17) is 19.7 Å². The predicted octanol–water partition coefficient (Wildman–Crippen LogP) is -1.25. The number of hydrogen-bond donors (Lipinski definition) is 5. The number of carbonyl (C=O) groups is 4. The third-order valence-corrected chi connectivity index (χ3v) is 4.58. The molecule has 0 aliphatic rings. The molecule has 0 aromatic carbocycles. The van der Waals surface area contributed by atoms with Crippen LogP contribution in [0.1, 0.15) is 38.6 Å². The number of aliphatic carboxylic acids is 2. The highest BCUT2D eigenvalue weighted by Gasteiger charge is 2.32. The summed E-state index contributed by atoms with van der Waals surface area (Å²) in [5, 5.41) is 40.3. The summed E-state index contributed by atoms with van der Waals surface area (Å²) in [4.78, 5) is 60.1. The van der Waals surface area contributed by atoms with Crippen LogP contribution in [0.3, 0.4) is 0 Å². The highest BCUT2D eigenvalue weighted by molar-refractivity contribution is 5.91. The molecule has 0 spiro atoms. The van der Waals surface area contributed by atoms with E-state index in [0.29, 0.717) is 0 Å². The summed E-state index contributed by atoms with van der Waals surface area (Å²) in [5.74, 6) is -3.91. The number of methoxy groups -OCH3 is 1. The lowest BCUT2D eigenvalue weighted by molar-refractivity contribution is -0.156. The Bertz CT molecular complexity index is 901. The van der Waals surface area contributed by atoms with E-state index in [1.165, 1.54) is 26.3 Å². The number of anilines is 1. The van der Waals surface area contributed by atoms with E-state index in [0.717, 1.165) is 4.57 Å². The van der Waals surface area contributed by atoms with E-state index in [9.17, 15) is 34.2 Å². The van der Waals surface area contributed by atoms with Crippen LogP contribution in [0, 0.1) is 0 Å². The van der Waals surface area contributed by atoms with Gasteiger partial charge < -0.3 is 35.2 Å². The molecule has 1 rings (SSSR count). The zero-order valence-electron chi connectivity index (χ0n) is 18.0. The van der Waals surface area contributed by atoms with Crippen molar-refractivity contribution in [3.63, 3.8) is 0 Å². The summed E-state index contributed by atoms with van der Waals surface area (Å²) < 4.78 is 10.9. The molecule has 14 heteroatoms. The molecule has 0 radical (unpaired) electrons. The Morgan fingerprint density at radius 1 is 1.06 bits per heavy atom. The van der Waals surface area contributed by atoms with Gasteiger partial charge in [0.05, 0.1) is 25.3 Å². The van der Waals surface area contributed by atoms with Crippen LogP contribution >= 0.6 is 0 Å². The lowest BCUT2D eigenvalue weighted by Crippen LogP contribution is -2.46. The van der Waals surface area contributed by atoms with Gasteiger partial charge in [-0.3, -0.25) is 23.7 Å². The largest absolute Gasteiger partial charge is 0.481 e. The van der Waals surface area contributed by atoms with Crippen molar-refractivity contribution < 1.29 is 49.1 Å². The minimum Gasteiger partial charge on any atom is -0.481 e. The number of aliphatic hydroxyl groups excluding tert-OH is 2. The maximum atomic E-state index is 12.3. The summed E-state index contributed by atoms with van der Waals surface area (Å²) >= 11 is 0. The zero-order valence-corrected chi connectivity index (χ0v) is 18.0. The molecule has 184 valence electrons. The number of nitrogens with zero attached hydrogens (tertiary/aromatic N) is 2. The van der Waals surface area contributed by atoms with Gasteiger partial charge in [-0.2, -0.15) is 4.98 Å². The first kappa shape index (κ1) is 27.7. The maximum absolute atomic E-state index is 12.3. The van der Waals surface area contributed by atoms with Crippen LogP contribution in [0.5, 0.6) is 0 Å². The maximum Gasteiger partial charge on any atom is 0.349 e. The minimum atomic E-state index is -1.60. The fraction of sp³-hybridized carbons (Fsp3) is 0.579. The topological polar surface area (TPSA) is 215 Å². The number of aliphatic hydroxyl groups is 2. The highest BCUT2D eigenvalue weighted by atomic mass is 16.6. The molecule has 33 heavy (non-hydrogen) atoms. The minimum absolute atomic E-state index is 0.114. The van der Waals surface area contributed by atoms with Gasteiger partial charge in [-0.1, -0.05) is 0 Å². The lowest BCUT2D eigenvalue weighted by Gasteiger charge is -2.29. The first-order valence-corrected chi connectivity index (χ1v) is 9.83. The predicted molar refractivity (Wildman–Crippen MR) is 109 cm³/mol. The standard InChI is InChI=1S/C19H27N3O11/c1-10(17(29)18(30)11(32-2)9-33-16(28)6-5-15(26)27)22-8-7-12(21-19(22)31)20-13(23)3-4-14(24)25/h7-8,10-11,17-18,29-30H,3-6,9H2,1-2H3,(H,24,25)(H,26,27)(H,20,21,23,31). The van der Waals surface area contributed by atoms with Crippen LogP contribution in [0.2, 0.25) is 0 Å². The number of hydrogen-bond acceptors (Lipinski definition) is 10. The van der Waals surface area contributed by atoms with Gasteiger partial charge in [0.25, 0.3) is 0 Å². The molecule has 14 nitrogen and oxygen atoms in total. The smallest absolute Gasteiger partial charge is 0.349 e. The third kappa shape index (κ3) is 9.34. The molecule has 1 aromatic heterocycles. The van der Waals surface area contributed by atoms with Gasteiger partial charge in [0.2, 0.25) is 5.91 Å². The molecule has 1 heterocycles. The van der Waals surface area contributed by atoms with E-state index in [1.54, 1.807) is 0 Å². The van der Waals surface area contributed by atoms with Crippen molar-refractivity contribution in [1.29, 1.82) is 0 Å². The molecule has 1 aromatic rings. The van der Waals surface area contributed by atoms with Gasteiger partial charge in [0, 0.05) is 19.7 Å². The van der Waals surface area contributed by atoms with Crippen molar-refractivity contribution in [3.8, 4) is 0 Å². The second kappa shape index (κ2) is 13.2. The molecule has 4 atom stereocenters. The number of amides is 1. The van der Waals surface area contributed by atoms with Crippen molar-refractivity contribution in [2.24, 2.45) is 0 Å². The molecular formula is C19H27N3O11. The van der Waals surface area contributed by atoms with Crippen LogP contribution in [0.4, 0.5) is 5.82 Å². The number of nitrogens with one attached hydrogen (secondary N) is 1. The molecule has 0 bridgehead atoms. The first-order chi connectivity index (χ1) is 15.5. The van der Waals surface area contributed by atoms with Crippen molar-refractivity contribution in [3.05, 3.63) is 22.7 Å². The fourth-order valence-corrected chi connectivity index (χ4v) is 2.65. The van der Waals surface area contributed by atoms with E-state index >= 15 is 0 Å². The van der Waals surface area contributed by atoms with E-state index in [2.05, 4.69) is 10.3 Å². The van der Waals surface area contributed by atoms with Gasteiger partial charge in [-0.25, -0.2) is 4.79 Å². The van der Waals surface area contributed by atoms with Crippen LogP contribution in [-0.4, -0.2) is 85.8 Å². The fourth-order valence-electron chi connectivity index (χ4n) is 2.65. The second-order valence-electron chi connectivity index (χ2n) is 7.02. The molecule has 0 fully saturated rings. The quantitative estimate of drug-likeness (QED) is 0.200. The molecule has 5 N–H and O–H groups in total. The van der Waals surface area contributed by atoms with Crippen molar-refractivity contribution >= 4 is 29.6 Å². The molecule has 4 unspecified atom stereocenters. The summed E-state index contributed by atoms with van der Waals surface area (Å²) in [6.45, 7) is 0.946. The SMILES string of the molecule is COC(COC(=O)CCC(=O)O)C(O)C(O)C(C)n1ccc(NC(=O)CCC(=O)O)nc1=O. The Hall–Kier alpha value is -3.36. The van der Waals surface area contributed by atoms with Gasteiger partial charge in [-0.15, -0.1) is 0 Å². The summed E-state index contributed by atoms with van der Waals surface area (Å²) in [7, 11) is 1.20. The number of ether oxygens (including phenoxy) is 2. The molecule has 0 aliphatic carbocycles. The normalized spacial score (nSPS) is 14.5. The summed E-state index contributed by atoms with van der Waals surface area (Å²) in [6, 6.07) is 0.241. The Balaban J connectivity index is 2.76. The van der Waals surface area contributed by atoms with Gasteiger partial charge in [0.1, 0.15) is 30.7 Å². The Morgan fingerprint density at radius 3 is 2.21 bits per heavy atom. The monoisotopic (exact) mass is 473 g/mol. The van der Waals surface area contributed by atoms with Crippen LogP contribution in [0.25, 0.3) is 0 Å². The number of carboxylic acids is 2. The van der Waals surface area contributed by atoms with Crippen LogP contribution in [0.15, 0.2) is 17.1 Å². The zero-order chi connectivity index (χ0) is 25.1. The molecular weight excluding hydrogens is 446 g/mol. The van der Waals surface area contributed by atoms with Crippen LogP contribution < -0.4 is 11.0 Å². The summed E-state index contributed by atoms with van der Waals surface area (Å²) in [5.41, 5.74) is -0.862. The third-order valence-electron chi connectivity index (χ3n) is 4.58. The number of carbonyl (C=O) groups excluding carboxylic acids is 2. The van der Waals surface area contributed by atoms with Crippen molar-refractivity contribution in [2.75, 3.05) is 19.0 Å². The van der Waals surface area contributed by atoms with Gasteiger partial charge >= 0.3 is 23.6 Å². The summed E-state index contributed by atoms with van der Waals surface area (Å²) in [6.07, 6.45) is -4.61. The second-order valence-corrected chi connectivity index (χ2v) is 7.02. The van der Waals surface area contributed by atoms with Gasteiger partial charge in [0.15, 0.2) is 0 Å². The van der Waals surface area contributed by atoms with Crippen molar-refractivity contribution in [2.45, 2.75) is 57.0 Å². The average molecular weight is 473 g/mol. The Morgan fingerprint density at radius 2 is 1.67 bits per heavy atom. The molecule has 0 saturated heterocycles. The van der Waals surface area contributed by atoms with Gasteiger partial charge in [-0.05, 0) is 13.0 Å². The van der Waals surface area contributed by atoms with E-state index in [-0.39, 0.29) is 25.1 Å². The van der Waals surface area contributed by atoms with Crippen LogP contribution in [-0.2, 0) is 28.7 Å². The molecule has 1 amide bonds. The number of carboxylic acid groups (broad SMARTS) is 2. The molecule has 0 saturated carbocycles. The number of rotatable bonds is 14. The first-order valence-electron chi connectivity index (χ1n) is 9.83. The highest BCUT2D eigenvalue weighted by Crippen LogP contribution is 2.17. The number of aromatic nitrogens is 2. The average Bonchev–Trinajstić information content (AvgIpc) is 2.75. The Labute approximate surface area is 187 Å².